The molecule has 0 atom stereocenters. The Morgan fingerprint density at radius 3 is 2.68 bits per heavy atom. The fourth-order valence-corrected chi connectivity index (χ4v) is 2.25. The average Bonchev–Trinajstić information content (AvgIpc) is 2.58. The van der Waals surface area contributed by atoms with Crippen molar-refractivity contribution < 1.29 is 19.4 Å². The van der Waals surface area contributed by atoms with Crippen molar-refractivity contribution in [2.75, 3.05) is 24.4 Å². The predicted molar refractivity (Wildman–Crippen MR) is 94.9 cm³/mol. The van der Waals surface area contributed by atoms with E-state index in [9.17, 15) is 9.59 Å². The lowest BCUT2D eigenvalue weighted by atomic mass is 10.1. The molecule has 2 rings (SSSR count). The van der Waals surface area contributed by atoms with Crippen LogP contribution in [0.1, 0.15) is 17.5 Å². The van der Waals surface area contributed by atoms with Crippen molar-refractivity contribution in [1.29, 1.82) is 0 Å². The Bertz CT molecular complexity index is 734. The van der Waals surface area contributed by atoms with Crippen molar-refractivity contribution in [1.82, 2.24) is 4.98 Å². The number of carboxylic acid groups (broad SMARTS) is 1. The molecule has 0 unspecified atom stereocenters. The van der Waals surface area contributed by atoms with Crippen molar-refractivity contribution in [3.8, 4) is 0 Å². The van der Waals surface area contributed by atoms with E-state index in [1.54, 1.807) is 37.6 Å². The van der Waals surface area contributed by atoms with E-state index in [4.69, 9.17) is 9.84 Å². The summed E-state index contributed by atoms with van der Waals surface area (Å²) >= 11 is 0. The molecule has 1 heterocycles. The average molecular weight is 343 g/mol. The maximum atomic E-state index is 12.1. The molecule has 0 saturated heterocycles. The molecule has 0 saturated carbocycles. The van der Waals surface area contributed by atoms with Crippen LogP contribution < -0.4 is 10.6 Å². The van der Waals surface area contributed by atoms with Crippen LogP contribution in [0.15, 0.2) is 42.6 Å². The van der Waals surface area contributed by atoms with Crippen LogP contribution in [0.25, 0.3) is 0 Å². The van der Waals surface area contributed by atoms with Crippen molar-refractivity contribution >= 4 is 23.5 Å². The van der Waals surface area contributed by atoms with Gasteiger partial charge in [0.25, 0.3) is 0 Å². The van der Waals surface area contributed by atoms with Gasteiger partial charge in [-0.2, -0.15) is 0 Å². The van der Waals surface area contributed by atoms with Gasteiger partial charge in [0, 0.05) is 25.4 Å². The molecule has 2 aromatic rings. The minimum absolute atomic E-state index is 0.0494. The minimum atomic E-state index is -0.851. The number of urea groups is 1. The van der Waals surface area contributed by atoms with Crippen LogP contribution in [0.4, 0.5) is 16.3 Å². The van der Waals surface area contributed by atoms with Crippen LogP contribution in [0.5, 0.6) is 0 Å². The second kappa shape index (κ2) is 9.39. The predicted octanol–water partition coefficient (Wildman–Crippen LogP) is 2.93. The van der Waals surface area contributed by atoms with Crippen molar-refractivity contribution in [3.05, 3.63) is 53.7 Å². The number of pyridine rings is 1. The summed E-state index contributed by atoms with van der Waals surface area (Å²) in [4.78, 5) is 26.9. The number of carboxylic acids is 1. The molecular weight excluding hydrogens is 322 g/mol. The van der Waals surface area contributed by atoms with Gasteiger partial charge in [0.1, 0.15) is 5.82 Å². The summed E-state index contributed by atoms with van der Waals surface area (Å²) in [7, 11) is 1.64. The summed E-state index contributed by atoms with van der Waals surface area (Å²) in [6.45, 7) is 0.596. The number of carbonyl (C=O) groups is 2. The lowest BCUT2D eigenvalue weighted by Gasteiger charge is -2.09. The summed E-state index contributed by atoms with van der Waals surface area (Å²) < 4.78 is 5.03. The van der Waals surface area contributed by atoms with Gasteiger partial charge in [-0.05, 0) is 48.2 Å². The molecule has 0 aliphatic rings. The van der Waals surface area contributed by atoms with Crippen LogP contribution in [0.3, 0.4) is 0 Å². The van der Waals surface area contributed by atoms with E-state index in [1.807, 2.05) is 12.1 Å². The number of benzene rings is 1. The highest BCUT2D eigenvalue weighted by atomic mass is 16.5. The van der Waals surface area contributed by atoms with E-state index in [0.717, 1.165) is 17.5 Å². The van der Waals surface area contributed by atoms with Crippen molar-refractivity contribution in [3.63, 3.8) is 0 Å². The monoisotopic (exact) mass is 343 g/mol. The number of rotatable bonds is 8. The minimum Gasteiger partial charge on any atom is -0.481 e. The normalized spacial score (nSPS) is 10.3. The highest BCUT2D eigenvalue weighted by Gasteiger charge is 2.06. The summed E-state index contributed by atoms with van der Waals surface area (Å²) in [5, 5.41) is 14.1. The second-order valence-electron chi connectivity index (χ2n) is 5.47. The van der Waals surface area contributed by atoms with Gasteiger partial charge in [-0.1, -0.05) is 12.1 Å². The Labute approximate surface area is 146 Å². The first-order chi connectivity index (χ1) is 12.1. The molecule has 0 aliphatic heterocycles. The van der Waals surface area contributed by atoms with Crippen LogP contribution >= 0.6 is 0 Å². The number of aromatic nitrogens is 1. The molecule has 1 aromatic heterocycles. The van der Waals surface area contributed by atoms with Gasteiger partial charge < -0.3 is 15.2 Å². The Morgan fingerprint density at radius 1 is 1.12 bits per heavy atom. The van der Waals surface area contributed by atoms with Crippen molar-refractivity contribution in [2.45, 2.75) is 19.3 Å². The molecular formula is C18H21N3O4. The van der Waals surface area contributed by atoms with Gasteiger partial charge in [0.15, 0.2) is 0 Å². The molecule has 0 fully saturated rings. The van der Waals surface area contributed by atoms with Crippen LogP contribution in [-0.4, -0.2) is 35.8 Å². The molecule has 2 amide bonds. The summed E-state index contributed by atoms with van der Waals surface area (Å²) in [6, 6.07) is 10.3. The lowest BCUT2D eigenvalue weighted by molar-refractivity contribution is -0.136. The van der Waals surface area contributed by atoms with E-state index in [-0.39, 0.29) is 6.42 Å². The third kappa shape index (κ3) is 6.60. The van der Waals surface area contributed by atoms with E-state index in [0.29, 0.717) is 24.5 Å². The molecule has 0 radical (unpaired) electrons. The maximum absolute atomic E-state index is 12.1. The molecule has 0 aliphatic carbocycles. The summed E-state index contributed by atoms with van der Waals surface area (Å²) in [5.74, 6) is -0.399. The summed E-state index contributed by atoms with van der Waals surface area (Å²) in [5.41, 5.74) is 2.46. The van der Waals surface area contributed by atoms with Gasteiger partial charge >= 0.3 is 12.0 Å². The molecule has 25 heavy (non-hydrogen) atoms. The van der Waals surface area contributed by atoms with Crippen LogP contribution in [0.2, 0.25) is 0 Å². The molecule has 7 nitrogen and oxygen atoms in total. The van der Waals surface area contributed by atoms with Gasteiger partial charge in [0.05, 0.1) is 6.61 Å². The Morgan fingerprint density at radius 2 is 1.92 bits per heavy atom. The van der Waals surface area contributed by atoms with Gasteiger partial charge in [0.2, 0.25) is 0 Å². The van der Waals surface area contributed by atoms with Gasteiger partial charge in [-0.25, -0.2) is 9.78 Å². The largest absolute Gasteiger partial charge is 0.481 e. The molecule has 7 heteroatoms. The van der Waals surface area contributed by atoms with Crippen LogP contribution in [-0.2, 0) is 22.4 Å². The smallest absolute Gasteiger partial charge is 0.324 e. The second-order valence-corrected chi connectivity index (χ2v) is 5.47. The number of methoxy groups -OCH3 is 1. The van der Waals surface area contributed by atoms with E-state index >= 15 is 0 Å². The fraction of sp³-hybridized carbons (Fsp3) is 0.278. The third-order valence-corrected chi connectivity index (χ3v) is 3.47. The van der Waals surface area contributed by atoms with E-state index in [2.05, 4.69) is 15.6 Å². The lowest BCUT2D eigenvalue weighted by Crippen LogP contribution is -2.20. The molecule has 3 N–H and O–H groups in total. The van der Waals surface area contributed by atoms with Gasteiger partial charge in [-0.15, -0.1) is 0 Å². The SMILES string of the molecule is COCCc1ccnc(NC(=O)Nc2cccc(CCC(=O)O)c2)c1. The van der Waals surface area contributed by atoms with Gasteiger partial charge in [-0.3, -0.25) is 10.1 Å². The Kier molecular flexibility index (Phi) is 6.91. The molecule has 0 bridgehead atoms. The number of ether oxygens (including phenoxy) is 1. The third-order valence-electron chi connectivity index (χ3n) is 3.47. The molecule has 0 spiro atoms. The number of nitrogens with zero attached hydrogens (tertiary/aromatic N) is 1. The highest BCUT2D eigenvalue weighted by molar-refractivity contribution is 5.99. The first-order valence-electron chi connectivity index (χ1n) is 7.89. The molecule has 1 aromatic carbocycles. The standard InChI is InChI=1S/C18H21N3O4/c1-25-10-8-14-7-9-19-16(12-14)21-18(24)20-15-4-2-3-13(11-15)5-6-17(22)23/h2-4,7,9,11-12H,5-6,8,10H2,1H3,(H,22,23)(H2,19,20,21,24). The number of amides is 2. The zero-order valence-electron chi connectivity index (χ0n) is 14.0. The number of hydrogen-bond donors (Lipinski definition) is 3. The Balaban J connectivity index is 1.93. The maximum Gasteiger partial charge on any atom is 0.324 e. The summed E-state index contributed by atoms with van der Waals surface area (Å²) in [6.07, 6.45) is 2.83. The van der Waals surface area contributed by atoms with Crippen LogP contribution in [0, 0.1) is 0 Å². The van der Waals surface area contributed by atoms with Crippen molar-refractivity contribution in [2.24, 2.45) is 0 Å². The number of carbonyl (C=O) groups excluding carboxylic acids is 1. The fourth-order valence-electron chi connectivity index (χ4n) is 2.25. The topological polar surface area (TPSA) is 101 Å². The number of aryl methyl sites for hydroxylation is 1. The Hall–Kier alpha value is -2.93. The number of nitrogens with one attached hydrogen (secondary N) is 2. The zero-order chi connectivity index (χ0) is 18.1. The zero-order valence-corrected chi connectivity index (χ0v) is 14.0. The van der Waals surface area contributed by atoms with E-state index in [1.165, 1.54) is 0 Å². The molecule has 132 valence electrons. The number of aliphatic carboxylic acids is 1. The number of anilines is 2. The first kappa shape index (κ1) is 18.4. The highest BCUT2D eigenvalue weighted by Crippen LogP contribution is 2.13. The quantitative estimate of drug-likeness (QED) is 0.684. The first-order valence-corrected chi connectivity index (χ1v) is 7.89. The number of hydrogen-bond acceptors (Lipinski definition) is 4. The van der Waals surface area contributed by atoms with E-state index < -0.39 is 12.0 Å².